The standard InChI is InChI=1S/C24H23BrN4O3S/c1-2-3-7-21-28-29-22(26)20(23(30)27-24(29)33-21)15-16-5-4-6-19(14-16)32-13-12-31-18-10-8-17(25)9-11-18/h4-6,8-11,14-15,26H,2-3,7,12-13H2,1H3/b20-15-,26-22?. The van der Waals surface area contributed by atoms with Crippen LogP contribution in [0.25, 0.3) is 6.08 Å². The third kappa shape index (κ3) is 5.91. The van der Waals surface area contributed by atoms with Crippen LogP contribution in [0.5, 0.6) is 11.5 Å². The van der Waals surface area contributed by atoms with Gasteiger partial charge < -0.3 is 9.47 Å². The van der Waals surface area contributed by atoms with Crippen LogP contribution >= 0.6 is 27.7 Å². The molecule has 0 atom stereocenters. The molecule has 33 heavy (non-hydrogen) atoms. The van der Waals surface area contributed by atoms with Gasteiger partial charge in [0.2, 0.25) is 5.17 Å². The maximum Gasteiger partial charge on any atom is 0.283 e. The van der Waals surface area contributed by atoms with Crippen molar-refractivity contribution in [1.29, 1.82) is 5.41 Å². The van der Waals surface area contributed by atoms with Crippen LogP contribution in [0.3, 0.4) is 0 Å². The minimum atomic E-state index is -0.431. The molecule has 0 spiro atoms. The Morgan fingerprint density at radius 3 is 2.64 bits per heavy atom. The van der Waals surface area contributed by atoms with Gasteiger partial charge in [0.25, 0.3) is 5.91 Å². The first-order valence-electron chi connectivity index (χ1n) is 10.6. The molecular formula is C24H23BrN4O3S. The third-order valence-electron chi connectivity index (χ3n) is 4.84. The largest absolute Gasteiger partial charge is 0.490 e. The predicted molar refractivity (Wildman–Crippen MR) is 136 cm³/mol. The molecule has 170 valence electrons. The fraction of sp³-hybridized carbons (Fsp3) is 0.250. The quantitative estimate of drug-likeness (QED) is 0.333. The summed E-state index contributed by atoms with van der Waals surface area (Å²) in [5.41, 5.74) is 0.950. The van der Waals surface area contributed by atoms with Crippen molar-refractivity contribution in [3.63, 3.8) is 0 Å². The molecule has 0 fully saturated rings. The van der Waals surface area contributed by atoms with Crippen molar-refractivity contribution >= 4 is 55.7 Å². The number of amides is 1. The number of hydrogen-bond donors (Lipinski definition) is 1. The summed E-state index contributed by atoms with van der Waals surface area (Å²) in [6, 6.07) is 15.0. The zero-order chi connectivity index (χ0) is 23.2. The Bertz CT molecular complexity index is 1140. The van der Waals surface area contributed by atoms with Gasteiger partial charge in [-0.25, -0.2) is 0 Å². The maximum atomic E-state index is 12.6. The summed E-state index contributed by atoms with van der Waals surface area (Å²) >= 11 is 4.76. The number of amidine groups is 2. The number of nitrogens with one attached hydrogen (secondary N) is 1. The van der Waals surface area contributed by atoms with Crippen molar-refractivity contribution in [3.8, 4) is 11.5 Å². The van der Waals surface area contributed by atoms with Crippen molar-refractivity contribution in [2.45, 2.75) is 26.2 Å². The fourth-order valence-electron chi connectivity index (χ4n) is 3.17. The van der Waals surface area contributed by atoms with E-state index in [1.54, 1.807) is 6.08 Å². The second-order valence-electron chi connectivity index (χ2n) is 7.34. The van der Waals surface area contributed by atoms with Crippen LogP contribution in [-0.2, 0) is 4.79 Å². The maximum absolute atomic E-state index is 12.6. The fourth-order valence-corrected chi connectivity index (χ4v) is 4.36. The lowest BCUT2D eigenvalue weighted by Crippen LogP contribution is -2.35. The van der Waals surface area contributed by atoms with Crippen molar-refractivity contribution < 1.29 is 14.3 Å². The number of hydrazone groups is 1. The summed E-state index contributed by atoms with van der Waals surface area (Å²) < 4.78 is 12.5. The van der Waals surface area contributed by atoms with E-state index >= 15 is 0 Å². The Labute approximate surface area is 205 Å². The number of nitrogens with zero attached hydrogens (tertiary/aromatic N) is 3. The molecule has 7 nitrogen and oxygen atoms in total. The number of unbranched alkanes of at least 4 members (excludes halogenated alkanes) is 1. The monoisotopic (exact) mass is 526 g/mol. The van der Waals surface area contributed by atoms with Gasteiger partial charge in [0.15, 0.2) is 5.84 Å². The normalized spacial score (nSPS) is 16.5. The number of aliphatic imine (C=N–C) groups is 1. The van der Waals surface area contributed by atoms with Gasteiger partial charge in [-0.15, -0.1) is 0 Å². The average molecular weight is 527 g/mol. The number of carbonyl (C=O) groups is 1. The highest BCUT2D eigenvalue weighted by atomic mass is 79.9. The molecule has 2 aliphatic heterocycles. The first kappa shape index (κ1) is 23.3. The highest BCUT2D eigenvalue weighted by Crippen LogP contribution is 2.30. The Balaban J connectivity index is 1.39. The summed E-state index contributed by atoms with van der Waals surface area (Å²) in [4.78, 5) is 16.7. The molecule has 2 aromatic carbocycles. The molecule has 0 unspecified atom stereocenters. The van der Waals surface area contributed by atoms with Gasteiger partial charge in [-0.05, 0) is 72.6 Å². The molecule has 9 heteroatoms. The molecule has 0 saturated heterocycles. The first-order chi connectivity index (χ1) is 16.0. The van der Waals surface area contributed by atoms with Crippen LogP contribution in [-0.4, -0.2) is 40.2 Å². The van der Waals surface area contributed by atoms with Crippen LogP contribution in [0.2, 0.25) is 0 Å². The number of ether oxygens (including phenoxy) is 2. The number of hydrogen-bond acceptors (Lipinski definition) is 6. The second kappa shape index (κ2) is 10.8. The van der Waals surface area contributed by atoms with Crippen molar-refractivity contribution in [3.05, 3.63) is 64.1 Å². The van der Waals surface area contributed by atoms with Crippen LogP contribution in [0.1, 0.15) is 31.7 Å². The van der Waals surface area contributed by atoms with Crippen LogP contribution in [0.4, 0.5) is 0 Å². The second-order valence-corrected chi connectivity index (χ2v) is 9.30. The van der Waals surface area contributed by atoms with Crippen LogP contribution in [0.15, 0.2) is 68.7 Å². The molecule has 2 heterocycles. The number of benzene rings is 2. The topological polar surface area (TPSA) is 87.3 Å². The zero-order valence-electron chi connectivity index (χ0n) is 18.1. The van der Waals surface area contributed by atoms with Gasteiger partial charge in [-0.3, -0.25) is 10.2 Å². The molecule has 4 rings (SSSR count). The summed E-state index contributed by atoms with van der Waals surface area (Å²) in [6.07, 6.45) is 4.54. The van der Waals surface area contributed by atoms with Crippen LogP contribution in [0, 0.1) is 5.41 Å². The molecular weight excluding hydrogens is 504 g/mol. The Morgan fingerprint density at radius 2 is 1.88 bits per heavy atom. The summed E-state index contributed by atoms with van der Waals surface area (Å²) in [5.74, 6) is 1.03. The third-order valence-corrected chi connectivity index (χ3v) is 6.34. The minimum Gasteiger partial charge on any atom is -0.490 e. The lowest BCUT2D eigenvalue weighted by molar-refractivity contribution is -0.114. The van der Waals surface area contributed by atoms with E-state index in [-0.39, 0.29) is 11.4 Å². The first-order valence-corrected chi connectivity index (χ1v) is 12.2. The Kier molecular flexibility index (Phi) is 7.61. The van der Waals surface area contributed by atoms with E-state index in [2.05, 4.69) is 32.9 Å². The molecule has 1 N–H and O–H groups in total. The zero-order valence-corrected chi connectivity index (χ0v) is 20.5. The lowest BCUT2D eigenvalue weighted by Gasteiger charge is -2.20. The Morgan fingerprint density at radius 1 is 1.12 bits per heavy atom. The molecule has 0 radical (unpaired) electrons. The average Bonchev–Trinajstić information content (AvgIpc) is 3.22. The number of carbonyl (C=O) groups excluding carboxylic acids is 1. The van der Waals surface area contributed by atoms with E-state index < -0.39 is 5.91 Å². The van der Waals surface area contributed by atoms with E-state index in [0.29, 0.717) is 24.1 Å². The smallest absolute Gasteiger partial charge is 0.283 e. The highest BCUT2D eigenvalue weighted by molar-refractivity contribution is 9.10. The molecule has 2 aromatic rings. The van der Waals surface area contributed by atoms with Crippen molar-refractivity contribution in [1.82, 2.24) is 5.01 Å². The molecule has 0 saturated carbocycles. The summed E-state index contributed by atoms with van der Waals surface area (Å²) in [7, 11) is 0. The van der Waals surface area contributed by atoms with E-state index in [4.69, 9.17) is 14.9 Å². The van der Waals surface area contributed by atoms with Gasteiger partial charge in [-0.1, -0.05) is 41.4 Å². The van der Waals surface area contributed by atoms with Gasteiger partial charge in [0.05, 0.1) is 5.57 Å². The lowest BCUT2D eigenvalue weighted by atomic mass is 10.1. The van der Waals surface area contributed by atoms with E-state index in [1.807, 2.05) is 48.5 Å². The minimum absolute atomic E-state index is 0.0400. The summed E-state index contributed by atoms with van der Waals surface area (Å²) in [5, 5.41) is 15.8. The molecule has 2 aliphatic rings. The highest BCUT2D eigenvalue weighted by Gasteiger charge is 2.35. The van der Waals surface area contributed by atoms with Crippen molar-refractivity contribution in [2.75, 3.05) is 13.2 Å². The van der Waals surface area contributed by atoms with Crippen LogP contribution < -0.4 is 9.47 Å². The molecule has 0 aromatic heterocycles. The molecule has 0 aliphatic carbocycles. The van der Waals surface area contributed by atoms with Gasteiger partial charge in [-0.2, -0.15) is 15.1 Å². The van der Waals surface area contributed by atoms with Crippen molar-refractivity contribution in [2.24, 2.45) is 10.1 Å². The van der Waals surface area contributed by atoms with Gasteiger partial charge in [0.1, 0.15) is 29.8 Å². The van der Waals surface area contributed by atoms with E-state index in [1.165, 1.54) is 16.8 Å². The Hall–Kier alpha value is -2.91. The number of fused-ring (bicyclic) bond motifs is 1. The van der Waals surface area contributed by atoms with E-state index in [9.17, 15) is 4.79 Å². The SMILES string of the molecule is CCCCC1=NN2C(=N)/C(=C/c3cccc(OCCOc4ccc(Br)cc4)c3)C(=O)N=C2S1. The molecule has 0 bridgehead atoms. The van der Waals surface area contributed by atoms with Gasteiger partial charge >= 0.3 is 0 Å². The predicted octanol–water partition coefficient (Wildman–Crippen LogP) is 5.72. The molecule has 1 amide bonds. The van der Waals surface area contributed by atoms with E-state index in [0.717, 1.165) is 40.1 Å². The number of rotatable bonds is 9. The summed E-state index contributed by atoms with van der Waals surface area (Å²) in [6.45, 7) is 2.89. The number of halogens is 1. The number of thioether (sulfide) groups is 1. The van der Waals surface area contributed by atoms with Gasteiger partial charge in [0, 0.05) is 4.47 Å².